The molecule has 8 heteroatoms. The highest BCUT2D eigenvalue weighted by atomic mass is 32.2. The SMILES string of the molecule is COC1CCN(S(=O)(=O)c2ccccc2-c2ccno2)C(CN)C1. The summed E-state index contributed by atoms with van der Waals surface area (Å²) < 4.78 is 38.5. The van der Waals surface area contributed by atoms with E-state index in [9.17, 15) is 8.42 Å². The van der Waals surface area contributed by atoms with E-state index >= 15 is 0 Å². The molecule has 0 amide bonds. The molecule has 0 spiro atoms. The average Bonchev–Trinajstić information content (AvgIpc) is 3.15. The van der Waals surface area contributed by atoms with E-state index in [1.54, 1.807) is 37.4 Å². The highest BCUT2D eigenvalue weighted by Gasteiger charge is 2.37. The number of methoxy groups -OCH3 is 1. The van der Waals surface area contributed by atoms with Crippen molar-refractivity contribution in [1.29, 1.82) is 0 Å². The van der Waals surface area contributed by atoms with Crippen LogP contribution in [0, 0.1) is 0 Å². The maximum Gasteiger partial charge on any atom is 0.244 e. The van der Waals surface area contributed by atoms with Crippen molar-refractivity contribution in [3.05, 3.63) is 36.5 Å². The van der Waals surface area contributed by atoms with Gasteiger partial charge in [-0.2, -0.15) is 4.31 Å². The van der Waals surface area contributed by atoms with E-state index in [2.05, 4.69) is 5.16 Å². The number of hydrogen-bond acceptors (Lipinski definition) is 6. The Balaban J connectivity index is 2.00. The molecule has 0 bridgehead atoms. The summed E-state index contributed by atoms with van der Waals surface area (Å²) in [5, 5.41) is 3.67. The van der Waals surface area contributed by atoms with Gasteiger partial charge in [0.15, 0.2) is 5.76 Å². The van der Waals surface area contributed by atoms with Gasteiger partial charge in [0.25, 0.3) is 0 Å². The third-order valence-electron chi connectivity index (χ3n) is 4.40. The summed E-state index contributed by atoms with van der Waals surface area (Å²) in [6, 6.07) is 8.14. The third kappa shape index (κ3) is 3.10. The molecule has 2 unspecified atom stereocenters. The van der Waals surface area contributed by atoms with Crippen molar-refractivity contribution < 1.29 is 17.7 Å². The number of nitrogens with zero attached hydrogens (tertiary/aromatic N) is 2. The predicted molar refractivity (Wildman–Crippen MR) is 88.7 cm³/mol. The van der Waals surface area contributed by atoms with E-state index in [0.717, 1.165) is 0 Å². The van der Waals surface area contributed by atoms with Crippen LogP contribution in [0.4, 0.5) is 0 Å². The van der Waals surface area contributed by atoms with Crippen molar-refractivity contribution in [1.82, 2.24) is 9.46 Å². The van der Waals surface area contributed by atoms with Crippen LogP contribution in [-0.4, -0.2) is 50.2 Å². The van der Waals surface area contributed by atoms with Gasteiger partial charge >= 0.3 is 0 Å². The number of rotatable bonds is 5. The molecule has 2 aromatic rings. The molecule has 2 heterocycles. The van der Waals surface area contributed by atoms with Gasteiger partial charge in [0.2, 0.25) is 10.0 Å². The minimum atomic E-state index is -3.70. The van der Waals surface area contributed by atoms with Crippen LogP contribution in [-0.2, 0) is 14.8 Å². The van der Waals surface area contributed by atoms with Gasteiger partial charge in [0.05, 0.1) is 17.2 Å². The van der Waals surface area contributed by atoms with Gasteiger partial charge in [-0.25, -0.2) is 8.42 Å². The van der Waals surface area contributed by atoms with Crippen molar-refractivity contribution in [3.63, 3.8) is 0 Å². The highest BCUT2D eigenvalue weighted by Crippen LogP contribution is 2.32. The number of hydrogen-bond donors (Lipinski definition) is 1. The molecule has 0 aliphatic carbocycles. The highest BCUT2D eigenvalue weighted by molar-refractivity contribution is 7.89. The van der Waals surface area contributed by atoms with Crippen LogP contribution in [0.1, 0.15) is 12.8 Å². The predicted octanol–water partition coefficient (Wildman–Crippen LogP) is 1.47. The second kappa shape index (κ2) is 7.02. The summed E-state index contributed by atoms with van der Waals surface area (Å²) in [6.07, 6.45) is 2.77. The summed E-state index contributed by atoms with van der Waals surface area (Å²) in [6.45, 7) is 0.636. The van der Waals surface area contributed by atoms with E-state index in [1.165, 1.54) is 10.5 Å². The minimum Gasteiger partial charge on any atom is -0.381 e. The molecule has 1 aliphatic rings. The smallest absolute Gasteiger partial charge is 0.244 e. The van der Waals surface area contributed by atoms with E-state index < -0.39 is 10.0 Å². The zero-order valence-corrected chi connectivity index (χ0v) is 14.3. The van der Waals surface area contributed by atoms with E-state index in [1.807, 2.05) is 0 Å². The molecule has 130 valence electrons. The summed E-state index contributed by atoms with van der Waals surface area (Å²) in [4.78, 5) is 0.205. The molecular formula is C16H21N3O4S. The van der Waals surface area contributed by atoms with Crippen molar-refractivity contribution in [2.75, 3.05) is 20.2 Å². The van der Waals surface area contributed by atoms with Gasteiger partial charge in [0.1, 0.15) is 0 Å². The molecule has 0 radical (unpaired) electrons. The number of benzene rings is 1. The topological polar surface area (TPSA) is 98.7 Å². The van der Waals surface area contributed by atoms with Crippen LogP contribution in [0.15, 0.2) is 45.9 Å². The molecule has 1 aromatic carbocycles. The first-order chi connectivity index (χ1) is 11.6. The number of nitrogens with two attached hydrogens (primary N) is 1. The van der Waals surface area contributed by atoms with Gasteiger partial charge in [-0.3, -0.25) is 0 Å². The molecule has 1 aromatic heterocycles. The molecule has 2 N–H and O–H groups in total. The Morgan fingerprint density at radius 3 is 2.83 bits per heavy atom. The van der Waals surface area contributed by atoms with Crippen LogP contribution >= 0.6 is 0 Å². The third-order valence-corrected chi connectivity index (χ3v) is 6.41. The van der Waals surface area contributed by atoms with Crippen molar-refractivity contribution >= 4 is 10.0 Å². The lowest BCUT2D eigenvalue weighted by atomic mass is 10.0. The molecule has 1 fully saturated rings. The van der Waals surface area contributed by atoms with Crippen molar-refractivity contribution in [2.45, 2.75) is 29.9 Å². The van der Waals surface area contributed by atoms with E-state index in [-0.39, 0.29) is 23.6 Å². The molecular weight excluding hydrogens is 330 g/mol. The summed E-state index contributed by atoms with van der Waals surface area (Å²) in [5.41, 5.74) is 6.33. The molecule has 7 nitrogen and oxygen atoms in total. The fraction of sp³-hybridized carbons (Fsp3) is 0.438. The van der Waals surface area contributed by atoms with Crippen molar-refractivity contribution in [2.24, 2.45) is 5.73 Å². The van der Waals surface area contributed by atoms with Gasteiger partial charge < -0.3 is 15.0 Å². The van der Waals surface area contributed by atoms with Crippen LogP contribution in [0.3, 0.4) is 0 Å². The number of sulfonamides is 1. The maximum atomic E-state index is 13.2. The Morgan fingerprint density at radius 1 is 1.38 bits per heavy atom. The fourth-order valence-electron chi connectivity index (χ4n) is 3.11. The van der Waals surface area contributed by atoms with Crippen LogP contribution in [0.25, 0.3) is 11.3 Å². The van der Waals surface area contributed by atoms with Gasteiger partial charge in [-0.15, -0.1) is 0 Å². The number of ether oxygens (including phenoxy) is 1. The Morgan fingerprint density at radius 2 is 2.17 bits per heavy atom. The molecule has 1 saturated heterocycles. The molecule has 2 atom stereocenters. The monoisotopic (exact) mass is 351 g/mol. The lowest BCUT2D eigenvalue weighted by Crippen LogP contribution is -2.51. The Kier molecular flexibility index (Phi) is 5.00. The lowest BCUT2D eigenvalue weighted by molar-refractivity contribution is 0.0402. The quantitative estimate of drug-likeness (QED) is 0.876. The first-order valence-electron chi connectivity index (χ1n) is 7.82. The Bertz CT molecular complexity index is 776. The number of piperidine rings is 1. The maximum absolute atomic E-state index is 13.2. The van der Waals surface area contributed by atoms with Gasteiger partial charge in [0, 0.05) is 37.9 Å². The first-order valence-corrected chi connectivity index (χ1v) is 9.26. The summed E-state index contributed by atoms with van der Waals surface area (Å²) in [7, 11) is -2.06. The molecule has 1 aliphatic heterocycles. The first kappa shape index (κ1) is 17.1. The summed E-state index contributed by atoms with van der Waals surface area (Å²) >= 11 is 0. The van der Waals surface area contributed by atoms with Crippen LogP contribution in [0.2, 0.25) is 0 Å². The van der Waals surface area contributed by atoms with E-state index in [0.29, 0.717) is 30.7 Å². The number of aromatic nitrogens is 1. The lowest BCUT2D eigenvalue weighted by Gasteiger charge is -2.37. The average molecular weight is 351 g/mol. The van der Waals surface area contributed by atoms with Gasteiger partial charge in [-0.1, -0.05) is 17.3 Å². The normalized spacial score (nSPS) is 22.6. The molecule has 0 saturated carbocycles. The second-order valence-corrected chi connectivity index (χ2v) is 7.62. The van der Waals surface area contributed by atoms with Gasteiger partial charge in [-0.05, 0) is 25.0 Å². The fourth-order valence-corrected chi connectivity index (χ4v) is 4.97. The summed E-state index contributed by atoms with van der Waals surface area (Å²) in [5.74, 6) is 0.422. The van der Waals surface area contributed by atoms with E-state index in [4.69, 9.17) is 15.0 Å². The molecule has 24 heavy (non-hydrogen) atoms. The largest absolute Gasteiger partial charge is 0.381 e. The second-order valence-electron chi connectivity index (χ2n) is 5.76. The Hall–Kier alpha value is -1.74. The van der Waals surface area contributed by atoms with Crippen LogP contribution < -0.4 is 5.73 Å². The standard InChI is InChI=1S/C16H21N3O4S/c1-22-13-7-9-19(12(10-13)11-17)24(20,21)16-5-3-2-4-14(16)15-6-8-18-23-15/h2-6,8,12-13H,7,9-11,17H2,1H3. The minimum absolute atomic E-state index is 0.0366. The Labute approximate surface area is 141 Å². The van der Waals surface area contributed by atoms with Crippen molar-refractivity contribution in [3.8, 4) is 11.3 Å². The zero-order valence-electron chi connectivity index (χ0n) is 13.5. The van der Waals surface area contributed by atoms with Crippen LogP contribution in [0.5, 0.6) is 0 Å². The zero-order chi connectivity index (χ0) is 17.2. The molecule has 3 rings (SSSR count).